The highest BCUT2D eigenvalue weighted by molar-refractivity contribution is 8.01. The molecular formula is C19H19N3O4S. The molecule has 1 unspecified atom stereocenters. The number of thioether (sulfide) groups is 1. The molecule has 8 heteroatoms. The second-order valence-corrected chi connectivity index (χ2v) is 7.22. The second kappa shape index (κ2) is 8.59. The van der Waals surface area contributed by atoms with Gasteiger partial charge in [0.15, 0.2) is 0 Å². The minimum absolute atomic E-state index is 0.0666. The number of para-hydroxylation sites is 1. The van der Waals surface area contributed by atoms with E-state index in [2.05, 4.69) is 16.2 Å². The highest BCUT2D eigenvalue weighted by Crippen LogP contribution is 2.36. The Hall–Kier alpha value is -3.00. The molecule has 1 aliphatic heterocycles. The van der Waals surface area contributed by atoms with E-state index in [1.807, 2.05) is 55.5 Å². The first-order valence-electron chi connectivity index (χ1n) is 8.35. The summed E-state index contributed by atoms with van der Waals surface area (Å²) in [7, 11) is 0. The van der Waals surface area contributed by atoms with Gasteiger partial charge in [-0.25, -0.2) is 10.2 Å². The van der Waals surface area contributed by atoms with E-state index in [-0.39, 0.29) is 18.9 Å². The van der Waals surface area contributed by atoms with Crippen LogP contribution in [0.2, 0.25) is 0 Å². The predicted octanol–water partition coefficient (Wildman–Crippen LogP) is 2.76. The van der Waals surface area contributed by atoms with Crippen LogP contribution in [0.5, 0.6) is 0 Å². The van der Waals surface area contributed by atoms with Gasteiger partial charge in [0, 0.05) is 11.3 Å². The van der Waals surface area contributed by atoms with Crippen molar-refractivity contribution in [3.05, 3.63) is 59.7 Å². The number of amides is 3. The van der Waals surface area contributed by atoms with Crippen molar-refractivity contribution in [2.75, 3.05) is 5.32 Å². The SMILES string of the molecule is Cc1ccccc1COC(=O)NNC(=O)CC1Sc2ccccc2NC1=O. The fourth-order valence-electron chi connectivity index (χ4n) is 2.52. The Balaban J connectivity index is 1.44. The first-order valence-corrected chi connectivity index (χ1v) is 9.23. The van der Waals surface area contributed by atoms with Crippen molar-refractivity contribution in [2.45, 2.75) is 30.1 Å². The number of ether oxygens (including phenoxy) is 1. The standard InChI is InChI=1S/C19H19N3O4S/c1-12-6-2-3-7-13(12)11-26-19(25)22-21-17(23)10-16-18(24)20-14-8-4-5-9-15(14)27-16/h2-9,16H,10-11H2,1H3,(H,20,24)(H,21,23)(H,22,25). The summed E-state index contributed by atoms with van der Waals surface area (Å²) in [4.78, 5) is 36.7. The number of hydrazine groups is 1. The highest BCUT2D eigenvalue weighted by Gasteiger charge is 2.28. The molecule has 3 amide bonds. The number of nitrogens with one attached hydrogen (secondary N) is 3. The average molecular weight is 385 g/mol. The van der Waals surface area contributed by atoms with Crippen LogP contribution in [0.4, 0.5) is 10.5 Å². The van der Waals surface area contributed by atoms with E-state index in [0.29, 0.717) is 0 Å². The monoisotopic (exact) mass is 385 g/mol. The maximum Gasteiger partial charge on any atom is 0.426 e. The molecule has 140 valence electrons. The molecule has 3 N–H and O–H groups in total. The Morgan fingerprint density at radius 1 is 1.11 bits per heavy atom. The van der Waals surface area contributed by atoms with E-state index in [1.54, 1.807) is 0 Å². The van der Waals surface area contributed by atoms with Crippen LogP contribution >= 0.6 is 11.8 Å². The number of anilines is 1. The Kier molecular flexibility index (Phi) is 5.97. The Morgan fingerprint density at radius 2 is 1.85 bits per heavy atom. The third-order valence-corrected chi connectivity index (χ3v) is 5.28. The van der Waals surface area contributed by atoms with Crippen molar-refractivity contribution in [3.63, 3.8) is 0 Å². The quantitative estimate of drug-likeness (QED) is 0.703. The highest BCUT2D eigenvalue weighted by atomic mass is 32.2. The fraction of sp³-hybridized carbons (Fsp3) is 0.211. The first-order chi connectivity index (χ1) is 13.0. The van der Waals surface area contributed by atoms with Gasteiger partial charge in [-0.1, -0.05) is 36.4 Å². The predicted molar refractivity (Wildman–Crippen MR) is 102 cm³/mol. The second-order valence-electron chi connectivity index (χ2n) is 5.97. The molecule has 0 saturated heterocycles. The van der Waals surface area contributed by atoms with Gasteiger partial charge < -0.3 is 10.1 Å². The molecule has 0 fully saturated rings. The summed E-state index contributed by atoms with van der Waals surface area (Å²) in [6.07, 6.45) is -0.833. The Morgan fingerprint density at radius 3 is 2.67 bits per heavy atom. The maximum absolute atomic E-state index is 12.1. The topological polar surface area (TPSA) is 96.5 Å². The molecule has 0 spiro atoms. The summed E-state index contributed by atoms with van der Waals surface area (Å²) in [5.41, 5.74) is 7.09. The molecule has 7 nitrogen and oxygen atoms in total. The van der Waals surface area contributed by atoms with Gasteiger partial charge in [-0.2, -0.15) is 0 Å². The number of carbonyl (C=O) groups excluding carboxylic acids is 3. The van der Waals surface area contributed by atoms with E-state index in [0.717, 1.165) is 21.7 Å². The number of rotatable bonds is 4. The summed E-state index contributed by atoms with van der Waals surface area (Å²) < 4.78 is 5.07. The number of carbonyl (C=O) groups is 3. The minimum atomic E-state index is -0.766. The molecule has 1 heterocycles. The van der Waals surface area contributed by atoms with Crippen LogP contribution in [0, 0.1) is 6.92 Å². The fourth-order valence-corrected chi connectivity index (χ4v) is 3.63. The van der Waals surface area contributed by atoms with E-state index < -0.39 is 17.3 Å². The van der Waals surface area contributed by atoms with Gasteiger partial charge in [0.05, 0.1) is 10.9 Å². The average Bonchev–Trinajstić information content (AvgIpc) is 2.66. The number of benzene rings is 2. The third-order valence-electron chi connectivity index (χ3n) is 4.00. The zero-order valence-electron chi connectivity index (χ0n) is 14.7. The van der Waals surface area contributed by atoms with E-state index >= 15 is 0 Å². The van der Waals surface area contributed by atoms with Crippen LogP contribution in [0.25, 0.3) is 0 Å². The molecule has 0 bridgehead atoms. The van der Waals surface area contributed by atoms with E-state index in [4.69, 9.17) is 4.74 Å². The summed E-state index contributed by atoms with van der Waals surface area (Å²) in [5, 5.41) is 2.21. The van der Waals surface area contributed by atoms with Crippen LogP contribution in [0.15, 0.2) is 53.4 Å². The molecule has 0 saturated carbocycles. The number of fused-ring (bicyclic) bond motifs is 1. The van der Waals surface area contributed by atoms with Crippen molar-refractivity contribution >= 4 is 35.4 Å². The lowest BCUT2D eigenvalue weighted by Crippen LogP contribution is -2.44. The zero-order valence-corrected chi connectivity index (χ0v) is 15.5. The Bertz CT molecular complexity index is 872. The largest absolute Gasteiger partial charge is 0.443 e. The smallest absolute Gasteiger partial charge is 0.426 e. The maximum atomic E-state index is 12.1. The molecule has 1 atom stereocenters. The van der Waals surface area contributed by atoms with Crippen molar-refractivity contribution in [1.82, 2.24) is 10.9 Å². The first kappa shape index (κ1) is 18.8. The minimum Gasteiger partial charge on any atom is -0.443 e. The molecule has 1 aliphatic rings. The lowest BCUT2D eigenvalue weighted by atomic mass is 10.1. The van der Waals surface area contributed by atoms with Crippen LogP contribution in [0.1, 0.15) is 17.5 Å². The van der Waals surface area contributed by atoms with Gasteiger partial charge in [-0.05, 0) is 30.2 Å². The number of hydrogen-bond acceptors (Lipinski definition) is 5. The summed E-state index contributed by atoms with van der Waals surface area (Å²) >= 11 is 1.32. The van der Waals surface area contributed by atoms with Crippen LogP contribution in [-0.4, -0.2) is 23.2 Å². The normalized spacial score (nSPS) is 15.3. The van der Waals surface area contributed by atoms with Crippen molar-refractivity contribution in [2.24, 2.45) is 0 Å². The molecular weight excluding hydrogens is 366 g/mol. The van der Waals surface area contributed by atoms with Gasteiger partial charge in [0.1, 0.15) is 6.61 Å². The Labute approximate surface area is 160 Å². The van der Waals surface area contributed by atoms with Crippen molar-refractivity contribution in [1.29, 1.82) is 0 Å². The number of hydrogen-bond donors (Lipinski definition) is 3. The van der Waals surface area contributed by atoms with Gasteiger partial charge in [-0.15, -0.1) is 11.8 Å². The van der Waals surface area contributed by atoms with Gasteiger partial charge in [0.2, 0.25) is 11.8 Å². The summed E-state index contributed by atoms with van der Waals surface area (Å²) in [6, 6.07) is 14.9. The lowest BCUT2D eigenvalue weighted by Gasteiger charge is -2.23. The van der Waals surface area contributed by atoms with Crippen LogP contribution in [0.3, 0.4) is 0 Å². The summed E-state index contributed by atoms with van der Waals surface area (Å²) in [5.74, 6) is -0.717. The molecule has 2 aromatic carbocycles. The third kappa shape index (κ3) is 5.01. The molecule has 0 aliphatic carbocycles. The van der Waals surface area contributed by atoms with E-state index in [9.17, 15) is 14.4 Å². The van der Waals surface area contributed by atoms with Crippen molar-refractivity contribution in [3.8, 4) is 0 Å². The molecule has 0 aromatic heterocycles. The summed E-state index contributed by atoms with van der Waals surface area (Å²) in [6.45, 7) is 2.02. The van der Waals surface area contributed by atoms with Gasteiger partial charge in [0.25, 0.3) is 0 Å². The van der Waals surface area contributed by atoms with Crippen LogP contribution in [-0.2, 0) is 20.9 Å². The van der Waals surface area contributed by atoms with Crippen LogP contribution < -0.4 is 16.2 Å². The zero-order chi connectivity index (χ0) is 19.2. The number of aryl methyl sites for hydroxylation is 1. The molecule has 2 aromatic rings. The van der Waals surface area contributed by atoms with E-state index in [1.165, 1.54) is 11.8 Å². The molecule has 3 rings (SSSR count). The molecule has 27 heavy (non-hydrogen) atoms. The van der Waals surface area contributed by atoms with Gasteiger partial charge in [-0.3, -0.25) is 15.0 Å². The molecule has 0 radical (unpaired) electrons. The van der Waals surface area contributed by atoms with Gasteiger partial charge >= 0.3 is 6.09 Å². The lowest BCUT2D eigenvalue weighted by molar-refractivity contribution is -0.124. The van der Waals surface area contributed by atoms with Crippen molar-refractivity contribution < 1.29 is 19.1 Å².